The van der Waals surface area contributed by atoms with E-state index >= 15 is 0 Å². The summed E-state index contributed by atoms with van der Waals surface area (Å²) in [5, 5.41) is 13.0. The average Bonchev–Trinajstić information content (AvgIpc) is 2.64. The lowest BCUT2D eigenvalue weighted by atomic mass is 9.96. The molecule has 1 aromatic carbocycles. The average molecular weight is 339 g/mol. The predicted octanol–water partition coefficient (Wildman–Crippen LogP) is 3.22. The maximum absolute atomic E-state index is 12.4. The first kappa shape index (κ1) is 17.4. The quantitative estimate of drug-likeness (QED) is 0.902. The van der Waals surface area contributed by atoms with Gasteiger partial charge in [0.25, 0.3) is 0 Å². The Bertz CT molecular complexity index is 703. The van der Waals surface area contributed by atoms with Crippen LogP contribution in [0.3, 0.4) is 0 Å². The highest BCUT2D eigenvalue weighted by Crippen LogP contribution is 2.22. The van der Waals surface area contributed by atoms with E-state index in [1.807, 2.05) is 56.4 Å². The van der Waals surface area contributed by atoms with E-state index in [-0.39, 0.29) is 18.0 Å². The minimum atomic E-state index is -0.437. The Morgan fingerprint density at radius 3 is 2.68 bits per heavy atom. The largest absolute Gasteiger partial charge is 0.391 e. The molecule has 2 N–H and O–H groups in total. The van der Waals surface area contributed by atoms with Crippen LogP contribution in [0.5, 0.6) is 0 Å². The third-order valence-electron chi connectivity index (χ3n) is 4.95. The maximum Gasteiger partial charge on any atom is 0.317 e. The Morgan fingerprint density at radius 2 is 2.04 bits per heavy atom. The van der Waals surface area contributed by atoms with Crippen molar-refractivity contribution in [3.8, 4) is 11.1 Å². The fourth-order valence-electron chi connectivity index (χ4n) is 3.09. The number of hydrogen-bond donors (Lipinski definition) is 2. The number of nitrogens with one attached hydrogen (secondary N) is 1. The molecule has 5 nitrogen and oxygen atoms in total. The first-order valence-electron chi connectivity index (χ1n) is 8.78. The number of carbonyl (C=O) groups is 1. The Labute approximate surface area is 148 Å². The SMILES string of the molecule is CC(NC(=O)N1CCC(C)C(O)C1)c1ccc(-c2cccnc2)cc1. The summed E-state index contributed by atoms with van der Waals surface area (Å²) in [4.78, 5) is 18.3. The van der Waals surface area contributed by atoms with Crippen LogP contribution in [0, 0.1) is 5.92 Å². The summed E-state index contributed by atoms with van der Waals surface area (Å²) >= 11 is 0. The fourth-order valence-corrected chi connectivity index (χ4v) is 3.09. The molecule has 1 fully saturated rings. The van der Waals surface area contributed by atoms with Gasteiger partial charge in [-0.1, -0.05) is 37.3 Å². The van der Waals surface area contributed by atoms with Crippen molar-refractivity contribution in [3.63, 3.8) is 0 Å². The molecule has 2 heterocycles. The second-order valence-corrected chi connectivity index (χ2v) is 6.81. The maximum atomic E-state index is 12.4. The molecule has 3 atom stereocenters. The van der Waals surface area contributed by atoms with E-state index in [2.05, 4.69) is 10.3 Å². The minimum absolute atomic E-state index is 0.0908. The predicted molar refractivity (Wildman–Crippen MR) is 98.0 cm³/mol. The van der Waals surface area contributed by atoms with Crippen molar-refractivity contribution in [1.82, 2.24) is 15.2 Å². The molecule has 0 bridgehead atoms. The highest BCUT2D eigenvalue weighted by Gasteiger charge is 2.27. The van der Waals surface area contributed by atoms with Gasteiger partial charge < -0.3 is 15.3 Å². The van der Waals surface area contributed by atoms with Gasteiger partial charge in [0.15, 0.2) is 0 Å². The van der Waals surface area contributed by atoms with E-state index in [0.29, 0.717) is 13.1 Å². The van der Waals surface area contributed by atoms with Crippen LogP contribution in [0.4, 0.5) is 4.79 Å². The molecule has 1 aromatic heterocycles. The number of aliphatic hydroxyl groups excluding tert-OH is 1. The zero-order valence-corrected chi connectivity index (χ0v) is 14.7. The third kappa shape index (κ3) is 4.17. The van der Waals surface area contributed by atoms with Crippen molar-refractivity contribution >= 4 is 6.03 Å². The first-order chi connectivity index (χ1) is 12.0. The number of hydrogen-bond acceptors (Lipinski definition) is 3. The number of carbonyl (C=O) groups excluding carboxylic acids is 1. The van der Waals surface area contributed by atoms with Crippen molar-refractivity contribution in [2.24, 2.45) is 5.92 Å². The topological polar surface area (TPSA) is 65.5 Å². The second kappa shape index (κ2) is 7.66. The standard InChI is InChI=1S/C20H25N3O2/c1-14-9-11-23(13-19(14)24)20(25)22-15(2)16-5-7-17(8-6-16)18-4-3-10-21-12-18/h3-8,10,12,14-15,19,24H,9,11,13H2,1-2H3,(H,22,25). The van der Waals surface area contributed by atoms with E-state index < -0.39 is 6.10 Å². The third-order valence-corrected chi connectivity index (χ3v) is 4.95. The molecule has 0 saturated carbocycles. The Kier molecular flexibility index (Phi) is 5.34. The molecule has 0 radical (unpaired) electrons. The van der Waals surface area contributed by atoms with Crippen LogP contribution in [0.15, 0.2) is 48.8 Å². The van der Waals surface area contributed by atoms with Crippen LogP contribution in [0.25, 0.3) is 11.1 Å². The van der Waals surface area contributed by atoms with Crippen molar-refractivity contribution in [3.05, 3.63) is 54.4 Å². The number of likely N-dealkylation sites (tertiary alicyclic amines) is 1. The van der Waals surface area contributed by atoms with E-state index in [1.165, 1.54) is 0 Å². The lowest BCUT2D eigenvalue weighted by molar-refractivity contribution is 0.0431. The van der Waals surface area contributed by atoms with Crippen molar-refractivity contribution in [2.45, 2.75) is 32.4 Å². The zero-order valence-electron chi connectivity index (χ0n) is 14.7. The van der Waals surface area contributed by atoms with Gasteiger partial charge in [0, 0.05) is 25.5 Å². The van der Waals surface area contributed by atoms with Gasteiger partial charge >= 0.3 is 6.03 Å². The van der Waals surface area contributed by atoms with Crippen molar-refractivity contribution in [2.75, 3.05) is 13.1 Å². The number of benzene rings is 1. The Morgan fingerprint density at radius 1 is 1.28 bits per heavy atom. The summed E-state index contributed by atoms with van der Waals surface area (Å²) in [6, 6.07) is 11.9. The number of rotatable bonds is 3. The van der Waals surface area contributed by atoms with Gasteiger partial charge in [-0.25, -0.2) is 4.79 Å². The highest BCUT2D eigenvalue weighted by atomic mass is 16.3. The van der Waals surface area contributed by atoms with E-state index in [0.717, 1.165) is 23.1 Å². The summed E-state index contributed by atoms with van der Waals surface area (Å²) in [5.41, 5.74) is 3.22. The monoisotopic (exact) mass is 339 g/mol. The lowest BCUT2D eigenvalue weighted by Gasteiger charge is -2.35. The summed E-state index contributed by atoms with van der Waals surface area (Å²) in [6.45, 7) is 5.09. The molecule has 2 aromatic rings. The molecule has 1 aliphatic heterocycles. The minimum Gasteiger partial charge on any atom is -0.391 e. The second-order valence-electron chi connectivity index (χ2n) is 6.81. The molecule has 1 aliphatic rings. The van der Waals surface area contributed by atoms with Gasteiger partial charge in [-0.3, -0.25) is 4.98 Å². The molecule has 5 heteroatoms. The summed E-state index contributed by atoms with van der Waals surface area (Å²) in [7, 11) is 0. The normalized spacial score (nSPS) is 21.6. The Balaban J connectivity index is 1.61. The molecule has 2 amide bonds. The molecule has 0 spiro atoms. The smallest absolute Gasteiger partial charge is 0.317 e. The molecule has 132 valence electrons. The molecule has 1 saturated heterocycles. The number of piperidine rings is 1. The number of aromatic nitrogens is 1. The van der Waals surface area contributed by atoms with Gasteiger partial charge in [-0.15, -0.1) is 0 Å². The first-order valence-corrected chi connectivity index (χ1v) is 8.78. The van der Waals surface area contributed by atoms with Gasteiger partial charge in [0.05, 0.1) is 12.1 Å². The van der Waals surface area contributed by atoms with Crippen LogP contribution in [-0.2, 0) is 0 Å². The fraction of sp³-hybridized carbons (Fsp3) is 0.400. The van der Waals surface area contributed by atoms with Gasteiger partial charge in [-0.05, 0) is 42.0 Å². The Hall–Kier alpha value is -2.40. The zero-order chi connectivity index (χ0) is 17.8. The van der Waals surface area contributed by atoms with Gasteiger partial charge in [-0.2, -0.15) is 0 Å². The van der Waals surface area contributed by atoms with Crippen molar-refractivity contribution < 1.29 is 9.90 Å². The summed E-state index contributed by atoms with van der Waals surface area (Å²) < 4.78 is 0. The molecular weight excluding hydrogens is 314 g/mol. The van der Waals surface area contributed by atoms with Crippen molar-refractivity contribution in [1.29, 1.82) is 0 Å². The van der Waals surface area contributed by atoms with E-state index in [4.69, 9.17) is 0 Å². The summed E-state index contributed by atoms with van der Waals surface area (Å²) in [5.74, 6) is 0.251. The number of amides is 2. The van der Waals surface area contributed by atoms with Gasteiger partial charge in [0.2, 0.25) is 0 Å². The number of β-amino-alcohol motifs (C(OH)–C–C–N with tert-alkyl or cyclic N) is 1. The van der Waals surface area contributed by atoms with Crippen LogP contribution < -0.4 is 5.32 Å². The number of nitrogens with zero attached hydrogens (tertiary/aromatic N) is 2. The number of aliphatic hydroxyl groups is 1. The highest BCUT2D eigenvalue weighted by molar-refractivity contribution is 5.75. The molecule has 25 heavy (non-hydrogen) atoms. The molecule has 3 unspecified atom stereocenters. The number of pyridine rings is 1. The van der Waals surface area contributed by atoms with Crippen LogP contribution >= 0.6 is 0 Å². The van der Waals surface area contributed by atoms with Crippen LogP contribution in [0.1, 0.15) is 31.9 Å². The number of urea groups is 1. The van der Waals surface area contributed by atoms with E-state index in [1.54, 1.807) is 11.1 Å². The lowest BCUT2D eigenvalue weighted by Crippen LogP contribution is -2.50. The molecule has 0 aliphatic carbocycles. The summed E-state index contributed by atoms with van der Waals surface area (Å²) in [6.07, 6.45) is 3.99. The van der Waals surface area contributed by atoms with Gasteiger partial charge in [0.1, 0.15) is 0 Å². The van der Waals surface area contributed by atoms with Crippen LogP contribution in [-0.4, -0.2) is 40.2 Å². The van der Waals surface area contributed by atoms with Crippen LogP contribution in [0.2, 0.25) is 0 Å². The molecule has 3 rings (SSSR count). The molecular formula is C20H25N3O2. The van der Waals surface area contributed by atoms with E-state index in [9.17, 15) is 9.90 Å².